The van der Waals surface area contributed by atoms with Crippen molar-refractivity contribution in [2.45, 2.75) is 5.60 Å². The topological polar surface area (TPSA) is 96.0 Å². The lowest BCUT2D eigenvalue weighted by Gasteiger charge is -2.34. The van der Waals surface area contributed by atoms with Crippen molar-refractivity contribution in [3.63, 3.8) is 0 Å². The number of ether oxygens (including phenoxy) is 2. The lowest BCUT2D eigenvalue weighted by atomic mass is 9.78. The largest absolute Gasteiger partial charge is 0.454 e. The summed E-state index contributed by atoms with van der Waals surface area (Å²) in [5.41, 5.74) is -2.34. The summed E-state index contributed by atoms with van der Waals surface area (Å²) in [6.45, 7) is 0. The normalized spacial score (nSPS) is 15.1. The smallest absolute Gasteiger partial charge is 0.348 e. The van der Waals surface area contributed by atoms with Crippen molar-refractivity contribution in [1.29, 1.82) is 0 Å². The van der Waals surface area contributed by atoms with Gasteiger partial charge in [-0.1, -0.05) is 42.5 Å². The number of para-hydroxylation sites is 2. The number of hydrogen-bond acceptors (Lipinski definition) is 7. The average molecular weight is 436 g/mol. The third-order valence-electron chi connectivity index (χ3n) is 6.21. The van der Waals surface area contributed by atoms with Crippen molar-refractivity contribution in [3.05, 3.63) is 116 Å². The molecular formula is C26H12O7. The first-order chi connectivity index (χ1) is 16.1. The Hall–Kier alpha value is -4.65. The second kappa shape index (κ2) is 5.98. The minimum atomic E-state index is -1.87. The highest BCUT2D eigenvalue weighted by atomic mass is 16.6. The van der Waals surface area contributed by atoms with E-state index in [0.717, 1.165) is 0 Å². The van der Waals surface area contributed by atoms with Crippen LogP contribution in [0, 0.1) is 0 Å². The van der Waals surface area contributed by atoms with Gasteiger partial charge in [0.25, 0.3) is 0 Å². The van der Waals surface area contributed by atoms with E-state index in [2.05, 4.69) is 0 Å². The summed E-state index contributed by atoms with van der Waals surface area (Å²) in [6.07, 6.45) is 0. The summed E-state index contributed by atoms with van der Waals surface area (Å²) in [5.74, 6) is -0.311. The maximum Gasteiger partial charge on any atom is 0.348 e. The molecule has 0 radical (unpaired) electrons. The molecule has 7 rings (SSSR count). The number of fused-ring (bicyclic) bond motifs is 10. The van der Waals surface area contributed by atoms with Crippen LogP contribution in [-0.2, 0) is 10.3 Å². The van der Waals surface area contributed by atoms with Crippen LogP contribution in [0.2, 0.25) is 0 Å². The lowest BCUT2D eigenvalue weighted by Crippen LogP contribution is -2.41. The maximum absolute atomic E-state index is 13.4. The number of rotatable bonds is 0. The Morgan fingerprint density at radius 3 is 1.73 bits per heavy atom. The Labute approximate surface area is 184 Å². The van der Waals surface area contributed by atoms with Gasteiger partial charge in [0.1, 0.15) is 22.3 Å². The molecule has 7 nitrogen and oxygen atoms in total. The fourth-order valence-corrected chi connectivity index (χ4v) is 4.88. The summed E-state index contributed by atoms with van der Waals surface area (Å²) >= 11 is 0. The van der Waals surface area contributed by atoms with E-state index in [4.69, 9.17) is 18.3 Å². The number of carbonyl (C=O) groups is 1. The predicted octanol–water partition coefficient (Wildman–Crippen LogP) is 4.47. The van der Waals surface area contributed by atoms with Crippen molar-refractivity contribution in [2.24, 2.45) is 0 Å². The maximum atomic E-state index is 13.4. The number of esters is 1. The van der Waals surface area contributed by atoms with Gasteiger partial charge in [-0.3, -0.25) is 0 Å². The summed E-state index contributed by atoms with van der Waals surface area (Å²) in [7, 11) is 0. The monoisotopic (exact) mass is 436 g/mol. The second-order valence-corrected chi connectivity index (χ2v) is 7.90. The Morgan fingerprint density at radius 1 is 0.606 bits per heavy atom. The van der Waals surface area contributed by atoms with Crippen molar-refractivity contribution in [2.75, 3.05) is 0 Å². The van der Waals surface area contributed by atoms with Gasteiger partial charge in [0.2, 0.25) is 5.60 Å². The van der Waals surface area contributed by atoms with Gasteiger partial charge in [0.15, 0.2) is 11.5 Å². The highest BCUT2D eigenvalue weighted by molar-refractivity contribution is 5.99. The lowest BCUT2D eigenvalue weighted by molar-refractivity contribution is 0.0205. The molecule has 0 aliphatic carbocycles. The first kappa shape index (κ1) is 18.0. The molecule has 2 aliphatic heterocycles. The van der Waals surface area contributed by atoms with Crippen LogP contribution in [-0.4, -0.2) is 5.97 Å². The number of benzene rings is 3. The predicted molar refractivity (Wildman–Crippen MR) is 117 cm³/mol. The molecule has 0 N–H and O–H groups in total. The van der Waals surface area contributed by atoms with Gasteiger partial charge >= 0.3 is 17.2 Å². The fraction of sp³-hybridized carbons (Fsp3) is 0.0385. The van der Waals surface area contributed by atoms with Crippen molar-refractivity contribution in [1.82, 2.24) is 0 Å². The molecule has 5 aromatic rings. The van der Waals surface area contributed by atoms with E-state index in [0.29, 0.717) is 27.5 Å². The van der Waals surface area contributed by atoms with Gasteiger partial charge in [-0.05, 0) is 30.3 Å². The van der Waals surface area contributed by atoms with Gasteiger partial charge in [-0.15, -0.1) is 0 Å². The van der Waals surface area contributed by atoms with Crippen molar-refractivity contribution in [3.8, 4) is 11.5 Å². The molecule has 7 heteroatoms. The van der Waals surface area contributed by atoms with Crippen LogP contribution in [0.1, 0.15) is 27.0 Å². The van der Waals surface area contributed by atoms with E-state index in [-0.39, 0.29) is 28.2 Å². The molecule has 1 spiro atoms. The van der Waals surface area contributed by atoms with Crippen LogP contribution in [0.4, 0.5) is 0 Å². The summed E-state index contributed by atoms with van der Waals surface area (Å²) in [4.78, 5) is 39.7. The fourth-order valence-electron chi connectivity index (χ4n) is 4.88. The molecule has 0 fully saturated rings. The summed E-state index contributed by atoms with van der Waals surface area (Å²) < 4.78 is 23.4. The summed E-state index contributed by atoms with van der Waals surface area (Å²) in [5, 5.41) is 1.02. The molecular weight excluding hydrogens is 424 g/mol. The molecule has 0 amide bonds. The minimum Gasteiger partial charge on any atom is -0.454 e. The van der Waals surface area contributed by atoms with Crippen LogP contribution in [0.5, 0.6) is 11.5 Å². The molecule has 158 valence electrons. The zero-order valence-electron chi connectivity index (χ0n) is 16.8. The number of carbonyl (C=O) groups excluding carboxylic acids is 1. The molecule has 3 aromatic carbocycles. The Kier molecular flexibility index (Phi) is 3.26. The Morgan fingerprint density at radius 2 is 1.12 bits per heavy atom. The van der Waals surface area contributed by atoms with Crippen molar-refractivity contribution >= 4 is 27.9 Å². The van der Waals surface area contributed by atoms with Crippen LogP contribution in [0.25, 0.3) is 21.9 Å². The SMILES string of the molecule is O=C1OC2(c3ccccc31)c1c(c3ccccc3oc1=O)Oc1c2c(=O)oc2ccccc12. The molecule has 0 saturated carbocycles. The van der Waals surface area contributed by atoms with Crippen LogP contribution in [0.3, 0.4) is 0 Å². The van der Waals surface area contributed by atoms with Gasteiger partial charge < -0.3 is 18.3 Å². The third-order valence-corrected chi connectivity index (χ3v) is 6.21. The molecule has 0 bridgehead atoms. The van der Waals surface area contributed by atoms with Crippen molar-refractivity contribution < 1.29 is 23.1 Å². The minimum absolute atomic E-state index is 0.0745. The quantitative estimate of drug-likeness (QED) is 0.261. The van der Waals surface area contributed by atoms with E-state index in [1.54, 1.807) is 72.8 Å². The van der Waals surface area contributed by atoms with Gasteiger partial charge in [-0.2, -0.15) is 0 Å². The average Bonchev–Trinajstić information content (AvgIpc) is 3.11. The molecule has 0 saturated heterocycles. The van der Waals surface area contributed by atoms with Gasteiger partial charge in [0, 0.05) is 5.56 Å². The summed E-state index contributed by atoms with van der Waals surface area (Å²) in [6, 6.07) is 20.4. The zero-order valence-corrected chi connectivity index (χ0v) is 16.8. The number of hydrogen-bond donors (Lipinski definition) is 0. The van der Waals surface area contributed by atoms with Crippen LogP contribution in [0.15, 0.2) is 91.2 Å². The van der Waals surface area contributed by atoms with Gasteiger partial charge in [-0.25, -0.2) is 14.4 Å². The van der Waals surface area contributed by atoms with E-state index >= 15 is 0 Å². The first-order valence-corrected chi connectivity index (χ1v) is 10.2. The van der Waals surface area contributed by atoms with E-state index in [1.165, 1.54) is 0 Å². The molecule has 0 atom stereocenters. The van der Waals surface area contributed by atoms with Gasteiger partial charge in [0.05, 0.1) is 16.3 Å². The standard InChI is InChI=1S/C26H12O7/c27-23-13-7-1-4-10-16(13)26(33-23)19-21(14-8-2-5-11-17(14)30-24(19)28)32-22-15-9-3-6-12-18(15)31-25(29)20(22)26/h1-12H. The molecule has 2 aliphatic rings. The third kappa shape index (κ3) is 2.11. The van der Waals surface area contributed by atoms with E-state index in [1.807, 2.05) is 0 Å². The van der Waals surface area contributed by atoms with Crippen LogP contribution >= 0.6 is 0 Å². The Balaban J connectivity index is 1.76. The highest BCUT2D eigenvalue weighted by Gasteiger charge is 2.58. The molecule has 4 heterocycles. The highest BCUT2D eigenvalue weighted by Crippen LogP contribution is 2.56. The zero-order chi connectivity index (χ0) is 22.3. The first-order valence-electron chi connectivity index (χ1n) is 10.2. The Bertz CT molecular complexity index is 1690. The van der Waals surface area contributed by atoms with Crippen LogP contribution < -0.4 is 16.0 Å². The molecule has 33 heavy (non-hydrogen) atoms. The van der Waals surface area contributed by atoms with E-state index in [9.17, 15) is 14.4 Å². The molecule has 2 aromatic heterocycles. The molecule has 0 unspecified atom stereocenters. The van der Waals surface area contributed by atoms with E-state index < -0.39 is 22.8 Å². The second-order valence-electron chi connectivity index (χ2n) is 7.90.